The summed E-state index contributed by atoms with van der Waals surface area (Å²) in [6.07, 6.45) is 0. The number of fused-ring (bicyclic) bond motifs is 3. The Morgan fingerprint density at radius 3 is 2.45 bits per heavy atom. The molecule has 0 radical (unpaired) electrons. The monoisotopic (exact) mass is 392 g/mol. The van der Waals surface area contributed by atoms with Gasteiger partial charge in [0.2, 0.25) is 0 Å². The summed E-state index contributed by atoms with van der Waals surface area (Å²) in [4.78, 5) is 23.3. The molecule has 0 aliphatic heterocycles. The third-order valence-electron chi connectivity index (χ3n) is 4.58. The van der Waals surface area contributed by atoms with Crippen LogP contribution in [-0.2, 0) is 0 Å². The van der Waals surface area contributed by atoms with Crippen molar-refractivity contribution in [2.24, 2.45) is 0 Å². The van der Waals surface area contributed by atoms with E-state index in [0.29, 0.717) is 17.0 Å². The van der Waals surface area contributed by atoms with Crippen molar-refractivity contribution in [3.63, 3.8) is 0 Å². The number of ether oxygens (including phenoxy) is 2. The summed E-state index contributed by atoms with van der Waals surface area (Å²) in [5.74, 6) is -0.00208. The zero-order chi connectivity index (χ0) is 20.5. The predicted octanol–water partition coefficient (Wildman–Crippen LogP) is 4.76. The molecule has 0 aliphatic carbocycles. The van der Waals surface area contributed by atoms with E-state index in [2.05, 4.69) is 5.32 Å². The highest BCUT2D eigenvalue weighted by Gasteiger charge is 2.20. The van der Waals surface area contributed by atoms with E-state index < -0.39 is 10.8 Å². The smallest absolute Gasteiger partial charge is 0.311 e. The van der Waals surface area contributed by atoms with Gasteiger partial charge in [0.1, 0.15) is 16.9 Å². The number of nitrogens with zero attached hydrogens (tertiary/aromatic N) is 1. The molecule has 0 spiro atoms. The first-order valence-corrected chi connectivity index (χ1v) is 8.65. The molecule has 0 atom stereocenters. The lowest BCUT2D eigenvalue weighted by Crippen LogP contribution is -2.13. The Bertz CT molecular complexity index is 1260. The molecule has 0 aliphatic rings. The van der Waals surface area contributed by atoms with Gasteiger partial charge in [-0.25, -0.2) is 0 Å². The zero-order valence-corrected chi connectivity index (χ0v) is 15.6. The summed E-state index contributed by atoms with van der Waals surface area (Å²) in [6, 6.07) is 15.0. The van der Waals surface area contributed by atoms with Gasteiger partial charge in [-0.1, -0.05) is 18.2 Å². The van der Waals surface area contributed by atoms with Crippen LogP contribution in [0.15, 0.2) is 59.0 Å². The summed E-state index contributed by atoms with van der Waals surface area (Å²) < 4.78 is 16.2. The molecule has 0 bridgehead atoms. The fraction of sp³-hybridized carbons (Fsp3) is 0.0952. The Hall–Kier alpha value is -4.07. The Kier molecular flexibility index (Phi) is 4.52. The minimum Gasteiger partial charge on any atom is -0.495 e. The standard InChI is InChI=1S/C21H16N2O6/c1-27-18-8-7-12(9-16(18)23(25)26)21(24)22-15-11-19-14(10-20(15)28-2)13-5-3-4-6-17(13)29-19/h3-11H,1-2H3,(H,22,24). The number of nitro benzene ring substituents is 1. The first kappa shape index (κ1) is 18.3. The van der Waals surface area contributed by atoms with Crippen LogP contribution in [0.2, 0.25) is 0 Å². The van der Waals surface area contributed by atoms with E-state index in [1.807, 2.05) is 24.3 Å². The number of carbonyl (C=O) groups is 1. The molecule has 1 N–H and O–H groups in total. The molecule has 1 aromatic heterocycles. The fourth-order valence-electron chi connectivity index (χ4n) is 3.19. The highest BCUT2D eigenvalue weighted by Crippen LogP contribution is 2.36. The fourth-order valence-corrected chi connectivity index (χ4v) is 3.19. The van der Waals surface area contributed by atoms with Crippen LogP contribution >= 0.6 is 0 Å². The van der Waals surface area contributed by atoms with Gasteiger partial charge in [0.15, 0.2) is 5.75 Å². The molecule has 4 rings (SSSR count). The number of benzene rings is 3. The first-order valence-electron chi connectivity index (χ1n) is 8.65. The van der Waals surface area contributed by atoms with E-state index in [1.54, 1.807) is 12.1 Å². The number of para-hydroxylation sites is 1. The molecule has 8 nitrogen and oxygen atoms in total. The molecule has 0 saturated carbocycles. The van der Waals surface area contributed by atoms with E-state index in [0.717, 1.165) is 16.4 Å². The van der Waals surface area contributed by atoms with Crippen LogP contribution in [0.1, 0.15) is 10.4 Å². The van der Waals surface area contributed by atoms with Crippen LogP contribution in [-0.4, -0.2) is 25.1 Å². The lowest BCUT2D eigenvalue weighted by Gasteiger charge is -2.11. The van der Waals surface area contributed by atoms with Gasteiger partial charge >= 0.3 is 5.69 Å². The zero-order valence-electron chi connectivity index (χ0n) is 15.6. The van der Waals surface area contributed by atoms with Crippen LogP contribution in [0.4, 0.5) is 11.4 Å². The van der Waals surface area contributed by atoms with E-state index in [4.69, 9.17) is 13.9 Å². The first-order chi connectivity index (χ1) is 14.0. The highest BCUT2D eigenvalue weighted by molar-refractivity contribution is 6.10. The summed E-state index contributed by atoms with van der Waals surface area (Å²) in [5.41, 5.74) is 1.52. The van der Waals surface area contributed by atoms with Gasteiger partial charge < -0.3 is 19.2 Å². The number of amides is 1. The average molecular weight is 392 g/mol. The minimum absolute atomic E-state index is 0.0767. The third kappa shape index (κ3) is 3.20. The maximum Gasteiger partial charge on any atom is 0.311 e. The topological polar surface area (TPSA) is 104 Å². The van der Waals surface area contributed by atoms with Crippen LogP contribution in [0, 0.1) is 10.1 Å². The number of rotatable bonds is 5. The van der Waals surface area contributed by atoms with Crippen molar-refractivity contribution in [3.05, 3.63) is 70.3 Å². The van der Waals surface area contributed by atoms with E-state index >= 15 is 0 Å². The molecule has 1 heterocycles. The summed E-state index contributed by atoms with van der Waals surface area (Å²) in [6.45, 7) is 0. The van der Waals surface area contributed by atoms with E-state index in [9.17, 15) is 14.9 Å². The van der Waals surface area contributed by atoms with Gasteiger partial charge in [-0.15, -0.1) is 0 Å². The van der Waals surface area contributed by atoms with Crippen molar-refractivity contribution in [2.75, 3.05) is 19.5 Å². The molecule has 4 aromatic rings. The Balaban J connectivity index is 1.73. The highest BCUT2D eigenvalue weighted by atomic mass is 16.6. The van der Waals surface area contributed by atoms with E-state index in [1.165, 1.54) is 32.4 Å². The number of hydrogen-bond donors (Lipinski definition) is 1. The Morgan fingerprint density at radius 1 is 0.966 bits per heavy atom. The van der Waals surface area contributed by atoms with Gasteiger partial charge in [-0.3, -0.25) is 14.9 Å². The molecule has 0 saturated heterocycles. The molecule has 8 heteroatoms. The summed E-state index contributed by atoms with van der Waals surface area (Å²) >= 11 is 0. The van der Waals surface area contributed by atoms with Crippen LogP contribution < -0.4 is 14.8 Å². The summed E-state index contributed by atoms with van der Waals surface area (Å²) in [5, 5.41) is 15.7. The SMILES string of the molecule is COc1cc2c(cc1NC(=O)c1ccc(OC)c([N+](=O)[O-])c1)oc1ccccc12. The maximum atomic E-state index is 12.7. The van der Waals surface area contributed by atoms with Gasteiger partial charge in [0.05, 0.1) is 24.8 Å². The predicted molar refractivity (Wildman–Crippen MR) is 108 cm³/mol. The average Bonchev–Trinajstić information content (AvgIpc) is 3.09. The number of hydrogen-bond acceptors (Lipinski definition) is 6. The van der Waals surface area contributed by atoms with Crippen LogP contribution in [0.3, 0.4) is 0 Å². The van der Waals surface area contributed by atoms with Crippen molar-refractivity contribution in [3.8, 4) is 11.5 Å². The van der Waals surface area contributed by atoms with Crippen molar-refractivity contribution in [1.82, 2.24) is 0 Å². The molecule has 0 fully saturated rings. The van der Waals surface area contributed by atoms with Crippen molar-refractivity contribution < 1.29 is 23.6 Å². The molecule has 3 aromatic carbocycles. The maximum absolute atomic E-state index is 12.7. The second-order valence-electron chi connectivity index (χ2n) is 6.24. The molecular formula is C21H16N2O6. The van der Waals surface area contributed by atoms with Crippen LogP contribution in [0.25, 0.3) is 21.9 Å². The van der Waals surface area contributed by atoms with Gasteiger partial charge in [0.25, 0.3) is 5.91 Å². The van der Waals surface area contributed by atoms with Gasteiger partial charge in [-0.2, -0.15) is 0 Å². The minimum atomic E-state index is -0.601. The number of methoxy groups -OCH3 is 2. The lowest BCUT2D eigenvalue weighted by atomic mass is 10.1. The number of nitro groups is 1. The molecular weight excluding hydrogens is 376 g/mol. The normalized spacial score (nSPS) is 10.8. The number of nitrogens with one attached hydrogen (secondary N) is 1. The molecule has 146 valence electrons. The third-order valence-corrected chi connectivity index (χ3v) is 4.58. The molecule has 29 heavy (non-hydrogen) atoms. The van der Waals surface area contributed by atoms with Crippen LogP contribution in [0.5, 0.6) is 11.5 Å². The quantitative estimate of drug-likeness (QED) is 0.388. The van der Waals surface area contributed by atoms with Crippen molar-refractivity contribution in [1.29, 1.82) is 0 Å². The number of anilines is 1. The van der Waals surface area contributed by atoms with Crippen molar-refractivity contribution in [2.45, 2.75) is 0 Å². The second-order valence-corrected chi connectivity index (χ2v) is 6.24. The molecule has 0 unspecified atom stereocenters. The van der Waals surface area contributed by atoms with Crippen molar-refractivity contribution >= 4 is 39.2 Å². The van der Waals surface area contributed by atoms with Gasteiger partial charge in [-0.05, 0) is 24.3 Å². The largest absolute Gasteiger partial charge is 0.495 e. The number of carbonyl (C=O) groups excluding carboxylic acids is 1. The molecule has 1 amide bonds. The second kappa shape index (κ2) is 7.16. The van der Waals surface area contributed by atoms with Gasteiger partial charge in [0, 0.05) is 28.5 Å². The summed E-state index contributed by atoms with van der Waals surface area (Å²) in [7, 11) is 2.83. The Labute approximate surface area is 164 Å². The number of furan rings is 1. The Morgan fingerprint density at radius 2 is 1.72 bits per heavy atom. The lowest BCUT2D eigenvalue weighted by molar-refractivity contribution is -0.385. The van der Waals surface area contributed by atoms with E-state index in [-0.39, 0.29) is 17.0 Å².